The van der Waals surface area contributed by atoms with Crippen LogP contribution in [0.3, 0.4) is 0 Å². The van der Waals surface area contributed by atoms with E-state index in [2.05, 4.69) is 0 Å². The molecule has 0 radical (unpaired) electrons. The summed E-state index contributed by atoms with van der Waals surface area (Å²) >= 11 is 0. The second kappa shape index (κ2) is 8.68. The lowest BCUT2D eigenvalue weighted by Gasteiger charge is -2.10. The number of halogens is 2. The lowest BCUT2D eigenvalue weighted by Crippen LogP contribution is -2.20. The van der Waals surface area contributed by atoms with Crippen molar-refractivity contribution < 1.29 is 27.8 Å². The fraction of sp³-hybridized carbons (Fsp3) is 0.182. The average Bonchev–Trinajstić information content (AvgIpc) is 2.99. The van der Waals surface area contributed by atoms with Crippen LogP contribution in [0.1, 0.15) is 21.7 Å². The molecule has 0 aliphatic rings. The molecule has 1 aromatic heterocycles. The fourth-order valence-corrected chi connectivity index (χ4v) is 3.02. The van der Waals surface area contributed by atoms with E-state index in [1.54, 1.807) is 42.7 Å². The predicted octanol–water partition coefficient (Wildman–Crippen LogP) is 4.18. The Labute approximate surface area is 166 Å². The maximum Gasteiger partial charge on any atom is 0.344 e. The number of benzene rings is 2. The lowest BCUT2D eigenvalue weighted by molar-refractivity contribution is -0.144. The number of rotatable bonds is 7. The molecule has 0 N–H and O–H groups in total. The molecule has 0 aliphatic heterocycles. The zero-order valence-electron chi connectivity index (χ0n) is 15.9. The van der Waals surface area contributed by atoms with Gasteiger partial charge in [0, 0.05) is 22.6 Å². The number of aryl methyl sites for hydroxylation is 1. The normalized spacial score (nSPS) is 10.6. The van der Waals surface area contributed by atoms with E-state index in [-0.39, 0.29) is 11.6 Å². The van der Waals surface area contributed by atoms with Crippen molar-refractivity contribution in [2.24, 2.45) is 0 Å². The molecule has 0 unspecified atom stereocenters. The summed E-state index contributed by atoms with van der Waals surface area (Å²) in [6, 6.07) is 13.3. The van der Waals surface area contributed by atoms with E-state index < -0.39 is 30.8 Å². The van der Waals surface area contributed by atoms with Gasteiger partial charge in [-0.25, -0.2) is 13.6 Å². The van der Waals surface area contributed by atoms with Gasteiger partial charge in [0.15, 0.2) is 24.8 Å². The van der Waals surface area contributed by atoms with E-state index >= 15 is 0 Å². The van der Waals surface area contributed by atoms with Gasteiger partial charge in [-0.15, -0.1) is 0 Å². The Kier molecular flexibility index (Phi) is 6.07. The van der Waals surface area contributed by atoms with E-state index in [0.29, 0.717) is 16.9 Å². The average molecular weight is 399 g/mol. The Bertz CT molecular complexity index is 1060. The molecule has 29 heavy (non-hydrogen) atoms. The molecule has 2 aromatic carbocycles. The zero-order valence-corrected chi connectivity index (χ0v) is 15.9. The quantitative estimate of drug-likeness (QED) is 0.442. The minimum atomic E-state index is -0.791. The van der Waals surface area contributed by atoms with Crippen molar-refractivity contribution in [3.63, 3.8) is 0 Å². The Morgan fingerprint density at radius 1 is 0.966 bits per heavy atom. The van der Waals surface area contributed by atoms with Crippen molar-refractivity contribution in [1.29, 1.82) is 0 Å². The van der Waals surface area contributed by atoms with E-state index in [1.807, 2.05) is 0 Å². The topological polar surface area (TPSA) is 57.5 Å². The Morgan fingerprint density at radius 3 is 2.45 bits per heavy atom. The lowest BCUT2D eigenvalue weighted by atomic mass is 10.1. The Morgan fingerprint density at radius 2 is 1.72 bits per heavy atom. The largest absolute Gasteiger partial charge is 0.479 e. The van der Waals surface area contributed by atoms with Crippen LogP contribution in [0.4, 0.5) is 8.78 Å². The smallest absolute Gasteiger partial charge is 0.344 e. The number of aromatic nitrogens is 1. The highest BCUT2D eigenvalue weighted by atomic mass is 19.1. The number of Topliss-reactive ketones (excluding diaryl/α,β-unsaturated/α-hetero) is 1. The third-order valence-corrected chi connectivity index (χ3v) is 4.34. The van der Waals surface area contributed by atoms with Crippen molar-refractivity contribution in [3.05, 3.63) is 83.2 Å². The molecule has 150 valence electrons. The molecule has 0 amide bonds. The van der Waals surface area contributed by atoms with Crippen LogP contribution in [-0.4, -0.2) is 29.5 Å². The van der Waals surface area contributed by atoms with Gasteiger partial charge >= 0.3 is 5.97 Å². The first-order chi connectivity index (χ1) is 13.9. The minimum absolute atomic E-state index is 0.0746. The summed E-state index contributed by atoms with van der Waals surface area (Å²) in [7, 11) is 0. The molecule has 0 bridgehead atoms. The molecule has 0 fully saturated rings. The number of ketones is 1. The molecule has 0 atom stereocenters. The summed E-state index contributed by atoms with van der Waals surface area (Å²) in [5.74, 6) is -2.25. The van der Waals surface area contributed by atoms with Gasteiger partial charge in [0.1, 0.15) is 5.82 Å². The van der Waals surface area contributed by atoms with Crippen LogP contribution < -0.4 is 4.74 Å². The highest BCUT2D eigenvalue weighted by Gasteiger charge is 2.18. The molecule has 0 saturated carbocycles. The third kappa shape index (κ3) is 4.68. The Balaban J connectivity index is 1.63. The van der Waals surface area contributed by atoms with E-state index in [0.717, 1.165) is 5.69 Å². The summed E-state index contributed by atoms with van der Waals surface area (Å²) < 4.78 is 38.8. The molecule has 0 aliphatic carbocycles. The fourth-order valence-electron chi connectivity index (χ4n) is 3.02. The molecule has 7 heteroatoms. The zero-order chi connectivity index (χ0) is 21.0. The van der Waals surface area contributed by atoms with E-state index in [9.17, 15) is 18.4 Å². The standard InChI is InChI=1S/C22H19F2NO4/c1-14-10-18(15(2)25(14)17-7-5-6-16(23)11-17)20(26)12-29-22(27)13-28-21-9-4-3-8-19(21)24/h3-11H,12-13H2,1-2H3. The molecular weight excluding hydrogens is 380 g/mol. The maximum absolute atomic E-state index is 13.5. The number of carbonyl (C=O) groups is 2. The van der Waals surface area contributed by atoms with Crippen LogP contribution in [-0.2, 0) is 9.53 Å². The van der Waals surface area contributed by atoms with Crippen LogP contribution in [0.5, 0.6) is 5.75 Å². The van der Waals surface area contributed by atoms with Crippen molar-refractivity contribution in [3.8, 4) is 11.4 Å². The van der Waals surface area contributed by atoms with Crippen LogP contribution in [0.25, 0.3) is 5.69 Å². The number of ether oxygens (including phenoxy) is 2. The van der Waals surface area contributed by atoms with Crippen LogP contribution >= 0.6 is 0 Å². The van der Waals surface area contributed by atoms with Gasteiger partial charge in [-0.2, -0.15) is 0 Å². The van der Waals surface area contributed by atoms with Crippen LogP contribution in [0.2, 0.25) is 0 Å². The van der Waals surface area contributed by atoms with Gasteiger partial charge in [-0.3, -0.25) is 4.79 Å². The number of esters is 1. The molecule has 5 nitrogen and oxygen atoms in total. The second-order valence-corrected chi connectivity index (χ2v) is 6.40. The first-order valence-electron chi connectivity index (χ1n) is 8.88. The monoisotopic (exact) mass is 399 g/mol. The van der Waals surface area contributed by atoms with Crippen molar-refractivity contribution in [1.82, 2.24) is 4.57 Å². The van der Waals surface area contributed by atoms with Gasteiger partial charge < -0.3 is 14.0 Å². The Hall–Kier alpha value is -3.48. The van der Waals surface area contributed by atoms with Crippen molar-refractivity contribution >= 4 is 11.8 Å². The summed E-state index contributed by atoms with van der Waals surface area (Å²) in [4.78, 5) is 24.3. The predicted molar refractivity (Wildman–Crippen MR) is 102 cm³/mol. The van der Waals surface area contributed by atoms with Crippen LogP contribution in [0.15, 0.2) is 54.6 Å². The highest BCUT2D eigenvalue weighted by molar-refractivity contribution is 5.99. The summed E-state index contributed by atoms with van der Waals surface area (Å²) in [6.45, 7) is 2.53. The maximum atomic E-state index is 13.5. The SMILES string of the molecule is Cc1cc(C(=O)COC(=O)COc2ccccc2F)c(C)n1-c1cccc(F)c1. The van der Waals surface area contributed by atoms with E-state index in [1.165, 1.54) is 30.3 Å². The van der Waals surface area contributed by atoms with Crippen molar-refractivity contribution in [2.75, 3.05) is 13.2 Å². The van der Waals surface area contributed by atoms with Crippen molar-refractivity contribution in [2.45, 2.75) is 13.8 Å². The molecule has 3 rings (SSSR count). The van der Waals surface area contributed by atoms with Gasteiger partial charge in [-0.1, -0.05) is 18.2 Å². The second-order valence-electron chi connectivity index (χ2n) is 6.40. The highest BCUT2D eigenvalue weighted by Crippen LogP contribution is 2.22. The molecule has 0 saturated heterocycles. The number of nitrogens with zero attached hydrogens (tertiary/aromatic N) is 1. The number of hydrogen-bond donors (Lipinski definition) is 0. The molecular formula is C22H19F2NO4. The first kappa shape index (κ1) is 20.3. The third-order valence-electron chi connectivity index (χ3n) is 4.34. The van der Waals surface area contributed by atoms with E-state index in [4.69, 9.17) is 9.47 Å². The molecule has 0 spiro atoms. The van der Waals surface area contributed by atoms with Gasteiger partial charge in [-0.05, 0) is 50.2 Å². The van der Waals surface area contributed by atoms with Gasteiger partial charge in [0.05, 0.1) is 0 Å². The first-order valence-corrected chi connectivity index (χ1v) is 8.88. The molecule has 3 aromatic rings. The van der Waals surface area contributed by atoms with Gasteiger partial charge in [0.2, 0.25) is 5.78 Å². The summed E-state index contributed by atoms with van der Waals surface area (Å²) in [5.41, 5.74) is 2.31. The van der Waals surface area contributed by atoms with Gasteiger partial charge in [0.25, 0.3) is 0 Å². The van der Waals surface area contributed by atoms with Crippen LogP contribution in [0, 0.1) is 25.5 Å². The summed E-state index contributed by atoms with van der Waals surface area (Å²) in [6.07, 6.45) is 0. The molecule has 1 heterocycles. The number of carbonyl (C=O) groups excluding carboxylic acids is 2. The summed E-state index contributed by atoms with van der Waals surface area (Å²) in [5, 5.41) is 0. The number of para-hydroxylation sites is 1. The minimum Gasteiger partial charge on any atom is -0.479 e. The number of hydrogen-bond acceptors (Lipinski definition) is 4.